The van der Waals surface area contributed by atoms with Crippen LogP contribution in [0.1, 0.15) is 5.56 Å². The highest BCUT2D eigenvalue weighted by molar-refractivity contribution is 5.81. The summed E-state index contributed by atoms with van der Waals surface area (Å²) < 4.78 is 0. The van der Waals surface area contributed by atoms with Crippen LogP contribution >= 0.6 is 0 Å². The van der Waals surface area contributed by atoms with Crippen LogP contribution in [0.3, 0.4) is 0 Å². The lowest BCUT2D eigenvalue weighted by molar-refractivity contribution is 1.43. The molecule has 0 bridgehead atoms. The molecule has 0 amide bonds. The van der Waals surface area contributed by atoms with Crippen molar-refractivity contribution < 1.29 is 0 Å². The lowest BCUT2D eigenvalue weighted by atomic mass is 10.0. The first-order valence-corrected chi connectivity index (χ1v) is 7.01. The summed E-state index contributed by atoms with van der Waals surface area (Å²) in [4.78, 5) is 0. The maximum atomic E-state index is 6.12. The number of nitrogen functional groups attached to an aromatic ring is 1. The van der Waals surface area contributed by atoms with E-state index in [1.807, 2.05) is 42.5 Å². The minimum atomic E-state index is 0.788. The van der Waals surface area contributed by atoms with Gasteiger partial charge in [-0.3, -0.25) is 0 Å². The summed E-state index contributed by atoms with van der Waals surface area (Å²) in [6.07, 6.45) is 0. The molecule has 0 saturated carbocycles. The average molecular weight is 274 g/mol. The van der Waals surface area contributed by atoms with Gasteiger partial charge in [0.05, 0.1) is 0 Å². The summed E-state index contributed by atoms with van der Waals surface area (Å²) in [5.41, 5.74) is 12.5. The van der Waals surface area contributed by atoms with Crippen molar-refractivity contribution in [1.82, 2.24) is 0 Å². The summed E-state index contributed by atoms with van der Waals surface area (Å²) >= 11 is 0. The Morgan fingerprint density at radius 3 is 2.29 bits per heavy atom. The van der Waals surface area contributed by atoms with Crippen molar-refractivity contribution in [3.8, 4) is 11.1 Å². The first kappa shape index (κ1) is 13.3. The Hall–Kier alpha value is -2.74. The summed E-state index contributed by atoms with van der Waals surface area (Å²) in [7, 11) is 0. The fourth-order valence-electron chi connectivity index (χ4n) is 2.37. The fourth-order valence-corrected chi connectivity index (χ4v) is 2.37. The number of nitrogens with one attached hydrogen (secondary N) is 1. The second kappa shape index (κ2) is 5.71. The van der Waals surface area contributed by atoms with Crippen LogP contribution in [0.5, 0.6) is 0 Å². The summed E-state index contributed by atoms with van der Waals surface area (Å²) in [5, 5.41) is 3.45. The Balaban J connectivity index is 1.97. The molecule has 0 unspecified atom stereocenters. The lowest BCUT2D eigenvalue weighted by Crippen LogP contribution is -1.95. The standard InChI is InChI=1S/C19H18N2/c1-14-7-5-6-10-19(14)21-16-11-12-18(20)17(13-16)15-8-3-2-4-9-15/h2-13,21H,20H2,1H3. The molecule has 0 aliphatic heterocycles. The molecule has 0 aliphatic carbocycles. The van der Waals surface area contributed by atoms with Gasteiger partial charge in [-0.2, -0.15) is 0 Å². The van der Waals surface area contributed by atoms with E-state index in [9.17, 15) is 0 Å². The van der Waals surface area contributed by atoms with Crippen LogP contribution in [0.25, 0.3) is 11.1 Å². The van der Waals surface area contributed by atoms with E-state index in [1.165, 1.54) is 5.56 Å². The Morgan fingerprint density at radius 2 is 1.52 bits per heavy atom. The molecule has 0 atom stereocenters. The molecular formula is C19H18N2. The molecule has 0 aliphatic rings. The third-order valence-corrected chi connectivity index (χ3v) is 3.56. The zero-order valence-corrected chi connectivity index (χ0v) is 12.0. The van der Waals surface area contributed by atoms with Crippen LogP contribution in [0.15, 0.2) is 72.8 Å². The summed E-state index contributed by atoms with van der Waals surface area (Å²) in [6, 6.07) is 24.5. The topological polar surface area (TPSA) is 38.0 Å². The lowest BCUT2D eigenvalue weighted by Gasteiger charge is -2.12. The van der Waals surface area contributed by atoms with E-state index in [2.05, 4.69) is 42.6 Å². The van der Waals surface area contributed by atoms with E-state index >= 15 is 0 Å². The van der Waals surface area contributed by atoms with E-state index in [-0.39, 0.29) is 0 Å². The van der Waals surface area contributed by atoms with Gasteiger partial charge in [-0.25, -0.2) is 0 Å². The van der Waals surface area contributed by atoms with Gasteiger partial charge in [0.15, 0.2) is 0 Å². The first-order chi connectivity index (χ1) is 10.2. The van der Waals surface area contributed by atoms with Crippen LogP contribution in [0.2, 0.25) is 0 Å². The molecule has 0 fully saturated rings. The largest absolute Gasteiger partial charge is 0.398 e. The average Bonchev–Trinajstić information content (AvgIpc) is 2.52. The van der Waals surface area contributed by atoms with Gasteiger partial charge >= 0.3 is 0 Å². The van der Waals surface area contributed by atoms with Gasteiger partial charge in [-0.05, 0) is 42.3 Å². The Kier molecular flexibility index (Phi) is 3.61. The predicted octanol–water partition coefficient (Wildman–Crippen LogP) is 4.99. The predicted molar refractivity (Wildman–Crippen MR) is 90.8 cm³/mol. The second-order valence-electron chi connectivity index (χ2n) is 5.11. The van der Waals surface area contributed by atoms with E-state index in [0.29, 0.717) is 0 Å². The molecule has 0 heterocycles. The van der Waals surface area contributed by atoms with Crippen LogP contribution < -0.4 is 11.1 Å². The highest BCUT2D eigenvalue weighted by Crippen LogP contribution is 2.30. The van der Waals surface area contributed by atoms with Crippen molar-refractivity contribution in [3.63, 3.8) is 0 Å². The van der Waals surface area contributed by atoms with Crippen molar-refractivity contribution in [2.75, 3.05) is 11.1 Å². The number of para-hydroxylation sites is 1. The van der Waals surface area contributed by atoms with Gasteiger partial charge in [0, 0.05) is 22.6 Å². The molecule has 0 radical (unpaired) electrons. The fraction of sp³-hybridized carbons (Fsp3) is 0.0526. The number of benzene rings is 3. The molecule has 2 heteroatoms. The Morgan fingerprint density at radius 1 is 0.810 bits per heavy atom. The maximum Gasteiger partial charge on any atom is 0.0413 e. The number of hydrogen-bond acceptors (Lipinski definition) is 2. The molecule has 3 N–H and O–H groups in total. The maximum absolute atomic E-state index is 6.12. The highest BCUT2D eigenvalue weighted by atomic mass is 14.9. The van der Waals surface area contributed by atoms with Gasteiger partial charge in [0.1, 0.15) is 0 Å². The van der Waals surface area contributed by atoms with Gasteiger partial charge in [0.25, 0.3) is 0 Å². The third kappa shape index (κ3) is 2.90. The van der Waals surface area contributed by atoms with Crippen molar-refractivity contribution in [2.45, 2.75) is 6.92 Å². The van der Waals surface area contributed by atoms with E-state index in [0.717, 1.165) is 28.2 Å². The molecule has 3 aromatic rings. The van der Waals surface area contributed by atoms with Gasteiger partial charge in [-0.15, -0.1) is 0 Å². The van der Waals surface area contributed by atoms with E-state index in [1.54, 1.807) is 0 Å². The molecule has 3 rings (SSSR count). The van der Waals surface area contributed by atoms with Gasteiger partial charge < -0.3 is 11.1 Å². The van der Waals surface area contributed by atoms with Crippen LogP contribution in [0, 0.1) is 6.92 Å². The Labute approximate surface area is 125 Å². The highest BCUT2D eigenvalue weighted by Gasteiger charge is 2.05. The molecule has 0 spiro atoms. The number of hydrogen-bond donors (Lipinski definition) is 2. The zero-order valence-electron chi connectivity index (χ0n) is 12.0. The summed E-state index contributed by atoms with van der Waals surface area (Å²) in [6.45, 7) is 2.09. The van der Waals surface area contributed by atoms with Crippen LogP contribution in [0.4, 0.5) is 17.1 Å². The number of anilines is 3. The Bertz CT molecular complexity index is 749. The first-order valence-electron chi connectivity index (χ1n) is 7.01. The SMILES string of the molecule is Cc1ccccc1Nc1ccc(N)c(-c2ccccc2)c1. The molecule has 0 saturated heterocycles. The monoisotopic (exact) mass is 274 g/mol. The van der Waals surface area contributed by atoms with Gasteiger partial charge in [0.2, 0.25) is 0 Å². The minimum absolute atomic E-state index is 0.788. The second-order valence-corrected chi connectivity index (χ2v) is 5.11. The summed E-state index contributed by atoms with van der Waals surface area (Å²) in [5.74, 6) is 0. The smallest absolute Gasteiger partial charge is 0.0413 e. The number of aryl methyl sites for hydroxylation is 1. The molecule has 21 heavy (non-hydrogen) atoms. The van der Waals surface area contributed by atoms with Crippen LogP contribution in [-0.4, -0.2) is 0 Å². The molecule has 0 aromatic heterocycles. The molecule has 2 nitrogen and oxygen atoms in total. The van der Waals surface area contributed by atoms with Crippen molar-refractivity contribution >= 4 is 17.1 Å². The van der Waals surface area contributed by atoms with Crippen molar-refractivity contribution in [1.29, 1.82) is 0 Å². The quantitative estimate of drug-likeness (QED) is 0.660. The normalized spacial score (nSPS) is 10.3. The van der Waals surface area contributed by atoms with E-state index in [4.69, 9.17) is 5.73 Å². The third-order valence-electron chi connectivity index (χ3n) is 3.56. The van der Waals surface area contributed by atoms with Crippen molar-refractivity contribution in [2.24, 2.45) is 0 Å². The molecule has 3 aromatic carbocycles. The van der Waals surface area contributed by atoms with Crippen LogP contribution in [-0.2, 0) is 0 Å². The molecular weight excluding hydrogens is 256 g/mol. The zero-order chi connectivity index (χ0) is 14.7. The van der Waals surface area contributed by atoms with Crippen molar-refractivity contribution in [3.05, 3.63) is 78.4 Å². The van der Waals surface area contributed by atoms with Gasteiger partial charge in [-0.1, -0.05) is 48.5 Å². The molecule has 104 valence electrons. The van der Waals surface area contributed by atoms with E-state index < -0.39 is 0 Å². The number of nitrogens with two attached hydrogens (primary N) is 1. The number of rotatable bonds is 3. The minimum Gasteiger partial charge on any atom is -0.398 e.